The molecule has 0 N–H and O–H groups in total. The Balaban J connectivity index is 1.26. The lowest BCUT2D eigenvalue weighted by Crippen LogP contribution is -2.35. The highest BCUT2D eigenvalue weighted by Gasteiger charge is 2.28. The first kappa shape index (κ1) is 20.3. The minimum absolute atomic E-state index is 0.431. The fraction of sp³-hybridized carbons (Fsp3) is 0.417. The average molecular weight is 439 g/mol. The summed E-state index contributed by atoms with van der Waals surface area (Å²) in [7, 11) is 1.68. The van der Waals surface area contributed by atoms with Crippen molar-refractivity contribution in [1.29, 1.82) is 0 Å². The molecule has 7 heteroatoms. The zero-order valence-electron chi connectivity index (χ0n) is 17.8. The van der Waals surface area contributed by atoms with Gasteiger partial charge in [-0.25, -0.2) is 0 Å². The van der Waals surface area contributed by atoms with Crippen molar-refractivity contribution >= 4 is 11.6 Å². The van der Waals surface area contributed by atoms with E-state index in [0.29, 0.717) is 12.5 Å². The average Bonchev–Trinajstić information content (AvgIpc) is 3.14. The molecule has 1 fully saturated rings. The number of ether oxygens (including phenoxy) is 2. The molecule has 2 aromatic carbocycles. The first-order chi connectivity index (χ1) is 15.2. The SMILES string of the molecule is COc1ccc2c(c1)-c1nnc(C3CCN(CCc4ccc(Cl)cc4)CC3)n1CCO2. The third kappa shape index (κ3) is 4.27. The molecule has 0 unspecified atom stereocenters. The van der Waals surface area contributed by atoms with Crippen LogP contribution in [-0.4, -0.2) is 53.0 Å². The molecule has 2 aliphatic rings. The number of hydrogen-bond donors (Lipinski definition) is 0. The zero-order chi connectivity index (χ0) is 21.2. The van der Waals surface area contributed by atoms with Crippen LogP contribution < -0.4 is 9.47 Å². The molecule has 0 radical (unpaired) electrons. The second-order valence-electron chi connectivity index (χ2n) is 8.24. The Morgan fingerprint density at radius 3 is 2.65 bits per heavy atom. The van der Waals surface area contributed by atoms with Crippen molar-refractivity contribution in [2.75, 3.05) is 33.4 Å². The third-order valence-corrected chi connectivity index (χ3v) is 6.61. The summed E-state index contributed by atoms with van der Waals surface area (Å²) in [6.07, 6.45) is 3.26. The maximum Gasteiger partial charge on any atom is 0.167 e. The van der Waals surface area contributed by atoms with E-state index in [0.717, 1.165) is 79.2 Å². The van der Waals surface area contributed by atoms with E-state index >= 15 is 0 Å². The molecule has 0 amide bonds. The second kappa shape index (κ2) is 8.89. The first-order valence-electron chi connectivity index (χ1n) is 10.9. The highest BCUT2D eigenvalue weighted by molar-refractivity contribution is 6.30. The van der Waals surface area contributed by atoms with E-state index < -0.39 is 0 Å². The monoisotopic (exact) mass is 438 g/mol. The summed E-state index contributed by atoms with van der Waals surface area (Å²) in [4.78, 5) is 2.55. The number of halogens is 1. The fourth-order valence-electron chi connectivity index (χ4n) is 4.57. The standard InChI is InChI=1S/C24H27ClN4O2/c1-30-20-6-7-22-21(16-20)24-27-26-23(29(24)14-15-31-22)18-9-12-28(13-10-18)11-8-17-2-4-19(25)5-3-17/h2-7,16,18H,8-15H2,1H3. The van der Waals surface area contributed by atoms with Crippen LogP contribution in [0.3, 0.4) is 0 Å². The molecule has 31 heavy (non-hydrogen) atoms. The van der Waals surface area contributed by atoms with E-state index in [2.05, 4.69) is 31.8 Å². The van der Waals surface area contributed by atoms with Crippen LogP contribution in [0.5, 0.6) is 11.5 Å². The highest BCUT2D eigenvalue weighted by Crippen LogP contribution is 2.37. The maximum atomic E-state index is 5.99. The topological polar surface area (TPSA) is 52.4 Å². The van der Waals surface area contributed by atoms with E-state index in [1.165, 1.54) is 5.56 Å². The maximum absolute atomic E-state index is 5.99. The van der Waals surface area contributed by atoms with Crippen LogP contribution in [0.4, 0.5) is 0 Å². The minimum Gasteiger partial charge on any atom is -0.497 e. The highest BCUT2D eigenvalue weighted by atomic mass is 35.5. The summed E-state index contributed by atoms with van der Waals surface area (Å²) in [5.74, 6) is 4.04. The Morgan fingerprint density at radius 1 is 1.06 bits per heavy atom. The minimum atomic E-state index is 0.431. The van der Waals surface area contributed by atoms with Crippen LogP contribution in [0.1, 0.15) is 30.1 Å². The van der Waals surface area contributed by atoms with Crippen LogP contribution in [0.15, 0.2) is 42.5 Å². The quantitative estimate of drug-likeness (QED) is 0.590. The molecule has 0 bridgehead atoms. The van der Waals surface area contributed by atoms with Gasteiger partial charge in [-0.3, -0.25) is 0 Å². The molecule has 0 spiro atoms. The molecule has 3 aromatic rings. The summed E-state index contributed by atoms with van der Waals surface area (Å²) in [6, 6.07) is 14.0. The van der Waals surface area contributed by atoms with Crippen LogP contribution >= 0.6 is 11.6 Å². The Hall–Kier alpha value is -2.57. The second-order valence-corrected chi connectivity index (χ2v) is 8.67. The number of nitrogens with zero attached hydrogens (tertiary/aromatic N) is 4. The van der Waals surface area contributed by atoms with Gasteiger partial charge >= 0.3 is 0 Å². The van der Waals surface area contributed by atoms with Crippen molar-refractivity contribution in [2.45, 2.75) is 31.7 Å². The van der Waals surface area contributed by atoms with Crippen LogP contribution in [-0.2, 0) is 13.0 Å². The number of likely N-dealkylation sites (tertiary alicyclic amines) is 1. The summed E-state index contributed by atoms with van der Waals surface area (Å²) in [5.41, 5.74) is 2.29. The zero-order valence-corrected chi connectivity index (χ0v) is 18.5. The molecule has 1 saturated heterocycles. The Labute approximate surface area is 187 Å². The molecule has 0 saturated carbocycles. The lowest BCUT2D eigenvalue weighted by Gasteiger charge is -2.31. The number of aromatic nitrogens is 3. The molecular formula is C24H27ClN4O2. The normalized spacial score (nSPS) is 16.8. The third-order valence-electron chi connectivity index (χ3n) is 6.36. The van der Waals surface area contributed by atoms with Gasteiger partial charge in [-0.2, -0.15) is 0 Å². The van der Waals surface area contributed by atoms with Gasteiger partial charge in [-0.05, 0) is 68.2 Å². The summed E-state index contributed by atoms with van der Waals surface area (Å²) >= 11 is 5.99. The van der Waals surface area contributed by atoms with E-state index in [1.54, 1.807) is 7.11 Å². The predicted octanol–water partition coefficient (Wildman–Crippen LogP) is 4.42. The van der Waals surface area contributed by atoms with Gasteiger partial charge in [0.05, 0.1) is 19.2 Å². The van der Waals surface area contributed by atoms with E-state index in [1.807, 2.05) is 30.3 Å². The summed E-state index contributed by atoms with van der Waals surface area (Å²) < 4.78 is 13.6. The number of piperidine rings is 1. The van der Waals surface area contributed by atoms with Gasteiger partial charge in [0.2, 0.25) is 0 Å². The molecule has 0 atom stereocenters. The predicted molar refractivity (Wildman–Crippen MR) is 121 cm³/mol. The number of rotatable bonds is 5. The van der Waals surface area contributed by atoms with Gasteiger partial charge in [0, 0.05) is 17.5 Å². The Bertz CT molecular complexity index is 1040. The number of fused-ring (bicyclic) bond motifs is 3. The van der Waals surface area contributed by atoms with Gasteiger partial charge < -0.3 is 18.9 Å². The molecule has 1 aromatic heterocycles. The van der Waals surface area contributed by atoms with E-state index in [-0.39, 0.29) is 0 Å². The van der Waals surface area contributed by atoms with Crippen molar-refractivity contribution in [2.24, 2.45) is 0 Å². The van der Waals surface area contributed by atoms with Gasteiger partial charge in [0.15, 0.2) is 5.82 Å². The van der Waals surface area contributed by atoms with Gasteiger partial charge in [-0.1, -0.05) is 23.7 Å². The molecular weight excluding hydrogens is 412 g/mol. The van der Waals surface area contributed by atoms with Crippen LogP contribution in [0, 0.1) is 0 Å². The summed E-state index contributed by atoms with van der Waals surface area (Å²) in [6.45, 7) is 4.64. The van der Waals surface area contributed by atoms with Gasteiger partial charge in [0.1, 0.15) is 23.9 Å². The molecule has 162 valence electrons. The molecule has 3 heterocycles. The van der Waals surface area contributed by atoms with Crippen molar-refractivity contribution in [3.8, 4) is 22.9 Å². The van der Waals surface area contributed by atoms with Gasteiger partial charge in [-0.15, -0.1) is 10.2 Å². The van der Waals surface area contributed by atoms with Crippen molar-refractivity contribution in [3.63, 3.8) is 0 Å². The molecule has 5 rings (SSSR count). The molecule has 6 nitrogen and oxygen atoms in total. The van der Waals surface area contributed by atoms with Crippen molar-refractivity contribution in [3.05, 3.63) is 58.9 Å². The first-order valence-corrected chi connectivity index (χ1v) is 11.3. The van der Waals surface area contributed by atoms with Crippen LogP contribution in [0.2, 0.25) is 5.02 Å². The lowest BCUT2D eigenvalue weighted by molar-refractivity contribution is 0.208. The van der Waals surface area contributed by atoms with Crippen molar-refractivity contribution in [1.82, 2.24) is 19.7 Å². The Kier molecular flexibility index (Phi) is 5.83. The fourth-order valence-corrected chi connectivity index (χ4v) is 4.70. The molecule has 0 aliphatic carbocycles. The van der Waals surface area contributed by atoms with E-state index in [9.17, 15) is 0 Å². The lowest BCUT2D eigenvalue weighted by atomic mass is 9.95. The molecule has 2 aliphatic heterocycles. The number of methoxy groups -OCH3 is 1. The van der Waals surface area contributed by atoms with E-state index in [4.69, 9.17) is 21.1 Å². The van der Waals surface area contributed by atoms with Crippen molar-refractivity contribution < 1.29 is 9.47 Å². The number of hydrogen-bond acceptors (Lipinski definition) is 5. The Morgan fingerprint density at radius 2 is 1.87 bits per heavy atom. The largest absolute Gasteiger partial charge is 0.497 e. The number of benzene rings is 2. The summed E-state index contributed by atoms with van der Waals surface area (Å²) in [5, 5.41) is 9.99. The smallest absolute Gasteiger partial charge is 0.167 e. The van der Waals surface area contributed by atoms with Gasteiger partial charge in [0.25, 0.3) is 0 Å². The van der Waals surface area contributed by atoms with Crippen LogP contribution in [0.25, 0.3) is 11.4 Å².